The van der Waals surface area contributed by atoms with E-state index in [9.17, 15) is 4.79 Å². The Morgan fingerprint density at radius 2 is 1.73 bits per heavy atom. The number of aromatic hydroxyl groups is 1. The summed E-state index contributed by atoms with van der Waals surface area (Å²) >= 11 is 0. The summed E-state index contributed by atoms with van der Waals surface area (Å²) in [6, 6.07) is 6.46. The van der Waals surface area contributed by atoms with Crippen LogP contribution in [-0.4, -0.2) is 35.4 Å². The van der Waals surface area contributed by atoms with Gasteiger partial charge in [-0.1, -0.05) is 20.8 Å². The predicted octanol–water partition coefficient (Wildman–Crippen LogP) is 4.50. The highest BCUT2D eigenvalue weighted by atomic mass is 16.3. The second kappa shape index (κ2) is 9.62. The molecule has 22 heavy (non-hydrogen) atoms. The lowest BCUT2D eigenvalue weighted by Crippen LogP contribution is -2.30. The molecule has 3 heteroatoms. The van der Waals surface area contributed by atoms with Crippen molar-refractivity contribution in [3.8, 4) is 5.75 Å². The summed E-state index contributed by atoms with van der Waals surface area (Å²) in [5.41, 5.74) is 0.718. The highest BCUT2D eigenvalue weighted by molar-refractivity contribution is 5.99. The molecule has 0 unspecified atom stereocenters. The van der Waals surface area contributed by atoms with Crippen LogP contribution >= 0.6 is 0 Å². The van der Waals surface area contributed by atoms with Crippen LogP contribution in [0.4, 0.5) is 0 Å². The maximum Gasteiger partial charge on any atom is 0.165 e. The summed E-state index contributed by atoms with van der Waals surface area (Å²) in [7, 11) is 0. The molecule has 3 nitrogen and oxygen atoms in total. The van der Waals surface area contributed by atoms with Gasteiger partial charge in [0.25, 0.3) is 0 Å². The van der Waals surface area contributed by atoms with E-state index in [0.717, 1.165) is 18.4 Å². The van der Waals surface area contributed by atoms with Crippen LogP contribution in [-0.2, 0) is 0 Å². The Labute approximate surface area is 135 Å². The normalized spacial score (nSPS) is 17.9. The van der Waals surface area contributed by atoms with Gasteiger partial charge in [0.2, 0.25) is 0 Å². The SMILES string of the molecule is C.CCCN1CCCCC1.O=C(c1ccc(O)cc1)C1CC1. The third-order valence-electron chi connectivity index (χ3n) is 4.09. The average molecular weight is 305 g/mol. The molecule has 1 aromatic carbocycles. The second-order valence-corrected chi connectivity index (χ2v) is 6.09. The van der Waals surface area contributed by atoms with Gasteiger partial charge in [0.05, 0.1) is 0 Å². The van der Waals surface area contributed by atoms with Gasteiger partial charge in [-0.25, -0.2) is 0 Å². The van der Waals surface area contributed by atoms with Crippen LogP contribution in [0.15, 0.2) is 24.3 Å². The smallest absolute Gasteiger partial charge is 0.165 e. The predicted molar refractivity (Wildman–Crippen MR) is 92.5 cm³/mol. The minimum atomic E-state index is 0. The minimum Gasteiger partial charge on any atom is -0.508 e. The molecule has 1 aliphatic carbocycles. The number of benzene rings is 1. The van der Waals surface area contributed by atoms with Crippen molar-refractivity contribution in [1.82, 2.24) is 4.90 Å². The van der Waals surface area contributed by atoms with Gasteiger partial charge in [0.15, 0.2) is 5.78 Å². The molecule has 0 atom stereocenters. The van der Waals surface area contributed by atoms with Gasteiger partial charge in [-0.2, -0.15) is 0 Å². The van der Waals surface area contributed by atoms with Crippen molar-refractivity contribution in [2.24, 2.45) is 5.92 Å². The zero-order valence-electron chi connectivity index (χ0n) is 13.1. The van der Waals surface area contributed by atoms with Gasteiger partial charge < -0.3 is 10.0 Å². The first-order valence-electron chi connectivity index (χ1n) is 8.26. The maximum absolute atomic E-state index is 11.4. The topological polar surface area (TPSA) is 40.5 Å². The van der Waals surface area contributed by atoms with E-state index >= 15 is 0 Å². The number of piperidine rings is 1. The summed E-state index contributed by atoms with van der Waals surface area (Å²) in [5.74, 6) is 0.687. The molecule has 1 saturated carbocycles. The van der Waals surface area contributed by atoms with E-state index in [2.05, 4.69) is 11.8 Å². The second-order valence-electron chi connectivity index (χ2n) is 6.09. The van der Waals surface area contributed by atoms with Crippen LogP contribution in [0.5, 0.6) is 5.75 Å². The zero-order chi connectivity index (χ0) is 15.1. The standard InChI is InChI=1S/C10H10O2.C8H17N.CH4/c11-9-5-3-8(4-6-9)10(12)7-1-2-7;1-2-6-9-7-4-3-5-8-9;/h3-7,11H,1-2H2;2-8H2,1H3;1H4. The van der Waals surface area contributed by atoms with Crippen molar-refractivity contribution in [2.45, 2.75) is 52.9 Å². The highest BCUT2D eigenvalue weighted by Crippen LogP contribution is 2.32. The molecule has 124 valence electrons. The molecule has 1 heterocycles. The fraction of sp³-hybridized carbons (Fsp3) is 0.632. The van der Waals surface area contributed by atoms with E-state index < -0.39 is 0 Å². The van der Waals surface area contributed by atoms with Crippen LogP contribution < -0.4 is 0 Å². The first-order valence-corrected chi connectivity index (χ1v) is 8.26. The number of nitrogens with zero attached hydrogens (tertiary/aromatic N) is 1. The number of phenols is 1. The lowest BCUT2D eigenvalue weighted by Gasteiger charge is -2.25. The molecule has 0 bridgehead atoms. The molecule has 0 radical (unpaired) electrons. The highest BCUT2D eigenvalue weighted by Gasteiger charge is 2.30. The lowest BCUT2D eigenvalue weighted by molar-refractivity contribution is 0.0967. The van der Waals surface area contributed by atoms with E-state index in [0.29, 0.717) is 0 Å². The quantitative estimate of drug-likeness (QED) is 0.832. The summed E-state index contributed by atoms with van der Waals surface area (Å²) in [5, 5.41) is 8.98. The van der Waals surface area contributed by atoms with Crippen molar-refractivity contribution in [3.63, 3.8) is 0 Å². The van der Waals surface area contributed by atoms with E-state index in [-0.39, 0.29) is 24.9 Å². The van der Waals surface area contributed by atoms with Gasteiger partial charge in [-0.15, -0.1) is 0 Å². The van der Waals surface area contributed by atoms with Crippen molar-refractivity contribution < 1.29 is 9.90 Å². The molecule has 0 spiro atoms. The lowest BCUT2D eigenvalue weighted by atomic mass is 10.1. The van der Waals surface area contributed by atoms with Crippen molar-refractivity contribution in [1.29, 1.82) is 0 Å². The summed E-state index contributed by atoms with van der Waals surface area (Å²) in [6.07, 6.45) is 7.69. The Bertz CT molecular complexity index is 428. The van der Waals surface area contributed by atoms with Gasteiger partial charge in [0, 0.05) is 11.5 Å². The largest absolute Gasteiger partial charge is 0.508 e. The summed E-state index contributed by atoms with van der Waals surface area (Å²) < 4.78 is 0. The number of rotatable bonds is 4. The molecule has 0 amide bonds. The van der Waals surface area contributed by atoms with Gasteiger partial charge in [-0.3, -0.25) is 4.79 Å². The monoisotopic (exact) mass is 305 g/mol. The number of carbonyl (C=O) groups is 1. The Kier molecular flexibility index (Phi) is 8.18. The Morgan fingerprint density at radius 1 is 1.14 bits per heavy atom. The number of Topliss-reactive ketones (excluding diaryl/α,β-unsaturated/α-hetero) is 1. The van der Waals surface area contributed by atoms with Gasteiger partial charge in [0.1, 0.15) is 5.75 Å². The van der Waals surface area contributed by atoms with Crippen LogP contribution in [0.25, 0.3) is 0 Å². The minimum absolute atomic E-state index is 0. The number of likely N-dealkylation sites (tertiary alicyclic amines) is 1. The average Bonchev–Trinajstić information content (AvgIpc) is 3.34. The molecule has 1 aromatic rings. The van der Waals surface area contributed by atoms with Gasteiger partial charge in [-0.05, 0) is 76.0 Å². The number of phenolic OH excluding ortho intramolecular Hbond substituents is 1. The first-order chi connectivity index (χ1) is 10.2. The molecule has 1 N–H and O–H groups in total. The molecule has 1 saturated heterocycles. The Balaban J connectivity index is 0.000000219. The Morgan fingerprint density at radius 3 is 2.23 bits per heavy atom. The fourth-order valence-corrected chi connectivity index (χ4v) is 2.71. The molecule has 3 rings (SSSR count). The molecule has 2 fully saturated rings. The van der Waals surface area contributed by atoms with Crippen LogP contribution in [0, 0.1) is 5.92 Å². The summed E-state index contributed by atoms with van der Waals surface area (Å²) in [6.45, 7) is 6.29. The molecule has 0 aromatic heterocycles. The third kappa shape index (κ3) is 6.18. The number of carbonyl (C=O) groups excluding carboxylic acids is 1. The maximum atomic E-state index is 11.4. The number of ketones is 1. The number of hydrogen-bond acceptors (Lipinski definition) is 3. The fourth-order valence-electron chi connectivity index (χ4n) is 2.71. The summed E-state index contributed by atoms with van der Waals surface area (Å²) in [4.78, 5) is 14.0. The van der Waals surface area contributed by atoms with Crippen LogP contribution in [0.1, 0.15) is 63.2 Å². The van der Waals surface area contributed by atoms with Crippen molar-refractivity contribution in [2.75, 3.05) is 19.6 Å². The Hall–Kier alpha value is -1.35. The third-order valence-corrected chi connectivity index (χ3v) is 4.09. The molecule has 2 aliphatic rings. The van der Waals surface area contributed by atoms with Crippen LogP contribution in [0.2, 0.25) is 0 Å². The first kappa shape index (κ1) is 18.7. The zero-order valence-corrected chi connectivity index (χ0v) is 13.1. The van der Waals surface area contributed by atoms with E-state index in [1.807, 2.05) is 0 Å². The van der Waals surface area contributed by atoms with Crippen molar-refractivity contribution >= 4 is 5.78 Å². The van der Waals surface area contributed by atoms with Crippen molar-refractivity contribution in [3.05, 3.63) is 29.8 Å². The van der Waals surface area contributed by atoms with E-state index in [1.54, 1.807) is 24.3 Å². The van der Waals surface area contributed by atoms with E-state index in [1.165, 1.54) is 45.3 Å². The molecular formula is C19H31NO2. The molecule has 1 aliphatic heterocycles. The van der Waals surface area contributed by atoms with Crippen LogP contribution in [0.3, 0.4) is 0 Å². The number of hydrogen-bond donors (Lipinski definition) is 1. The van der Waals surface area contributed by atoms with Gasteiger partial charge >= 0.3 is 0 Å². The van der Waals surface area contributed by atoms with E-state index in [4.69, 9.17) is 5.11 Å². The molecular weight excluding hydrogens is 274 g/mol.